The number of aliphatic imine (C=N–C) groups is 1. The van der Waals surface area contributed by atoms with Gasteiger partial charge in [-0.15, -0.1) is 0 Å². The third-order valence-corrected chi connectivity index (χ3v) is 4.88. The second-order valence-electron chi connectivity index (χ2n) is 6.48. The molecule has 4 heteroatoms. The molecular weight excluding hydrogens is 300 g/mol. The molecule has 24 heavy (non-hydrogen) atoms. The van der Waals surface area contributed by atoms with Gasteiger partial charge in [-0.25, -0.2) is 4.79 Å². The molecule has 0 saturated carbocycles. The molecule has 1 atom stereocenters. The maximum Gasteiger partial charge on any atom is 0.340 e. The average Bonchev–Trinajstić information content (AvgIpc) is 2.84. The number of rotatable bonds is 2. The fourth-order valence-corrected chi connectivity index (χ4v) is 3.67. The largest absolute Gasteiger partial charge is 0.438 e. The fourth-order valence-electron chi connectivity index (χ4n) is 3.67. The summed E-state index contributed by atoms with van der Waals surface area (Å²) in [6.07, 6.45) is 4.93. The summed E-state index contributed by atoms with van der Waals surface area (Å²) < 4.78 is 5.94. The molecule has 2 aliphatic heterocycles. The van der Waals surface area contributed by atoms with Crippen LogP contribution in [0.3, 0.4) is 0 Å². The van der Waals surface area contributed by atoms with Gasteiger partial charge in [0.2, 0.25) is 0 Å². The van der Waals surface area contributed by atoms with Crippen LogP contribution in [-0.4, -0.2) is 36.0 Å². The van der Waals surface area contributed by atoms with Crippen molar-refractivity contribution in [3.8, 4) is 0 Å². The molecule has 124 valence electrons. The second kappa shape index (κ2) is 6.63. The van der Waals surface area contributed by atoms with E-state index in [4.69, 9.17) is 4.74 Å². The minimum absolute atomic E-state index is 0.182. The number of ether oxygens (including phenoxy) is 1. The lowest BCUT2D eigenvalue weighted by Crippen LogP contribution is -2.44. The van der Waals surface area contributed by atoms with Crippen LogP contribution in [0.15, 0.2) is 47.5 Å². The molecule has 1 saturated heterocycles. The summed E-state index contributed by atoms with van der Waals surface area (Å²) in [6.45, 7) is 1.84. The van der Waals surface area contributed by atoms with Crippen molar-refractivity contribution in [1.82, 2.24) is 4.90 Å². The van der Waals surface area contributed by atoms with Crippen molar-refractivity contribution in [3.05, 3.63) is 48.0 Å². The standard InChI is InChI=1S/C20H22N2O2/c23-20(17-10-5-8-15-7-1-2-9-16(15)17)24-19-12-4-3-11-18-21-13-6-14-22(18)19/h1-2,5,7-10,19H,3-4,6,11-14H2. The molecule has 2 aliphatic rings. The van der Waals surface area contributed by atoms with Gasteiger partial charge in [-0.3, -0.25) is 4.99 Å². The van der Waals surface area contributed by atoms with Gasteiger partial charge in [-0.2, -0.15) is 0 Å². The molecule has 0 N–H and O–H groups in total. The topological polar surface area (TPSA) is 41.9 Å². The first-order valence-electron chi connectivity index (χ1n) is 8.81. The van der Waals surface area contributed by atoms with Gasteiger partial charge in [0.1, 0.15) is 5.84 Å². The molecule has 0 radical (unpaired) electrons. The van der Waals surface area contributed by atoms with Crippen molar-refractivity contribution in [2.24, 2.45) is 4.99 Å². The first-order valence-corrected chi connectivity index (χ1v) is 8.81. The molecule has 1 unspecified atom stereocenters. The fraction of sp³-hybridized carbons (Fsp3) is 0.400. The van der Waals surface area contributed by atoms with Crippen molar-refractivity contribution >= 4 is 22.6 Å². The Morgan fingerprint density at radius 1 is 1.08 bits per heavy atom. The van der Waals surface area contributed by atoms with E-state index in [9.17, 15) is 4.79 Å². The van der Waals surface area contributed by atoms with Crippen LogP contribution in [0.4, 0.5) is 0 Å². The Balaban J connectivity index is 1.60. The Morgan fingerprint density at radius 2 is 1.96 bits per heavy atom. The van der Waals surface area contributed by atoms with Crippen LogP contribution in [0.1, 0.15) is 42.5 Å². The van der Waals surface area contributed by atoms with Gasteiger partial charge in [0.15, 0.2) is 6.23 Å². The molecule has 2 aromatic rings. The lowest BCUT2D eigenvalue weighted by atomic mass is 10.0. The van der Waals surface area contributed by atoms with E-state index < -0.39 is 0 Å². The number of carbonyl (C=O) groups excluding carboxylic acids is 1. The monoisotopic (exact) mass is 322 g/mol. The highest BCUT2D eigenvalue weighted by Crippen LogP contribution is 2.25. The number of esters is 1. The van der Waals surface area contributed by atoms with E-state index in [-0.39, 0.29) is 12.2 Å². The SMILES string of the molecule is O=C(OC1CCCCC2=NCCCN21)c1cccc2ccccc12. The number of benzene rings is 2. The van der Waals surface area contributed by atoms with Crippen LogP contribution in [0, 0.1) is 0 Å². The average molecular weight is 322 g/mol. The second-order valence-corrected chi connectivity index (χ2v) is 6.48. The third kappa shape index (κ3) is 2.88. The van der Waals surface area contributed by atoms with Crippen LogP contribution < -0.4 is 0 Å². The predicted octanol–water partition coefficient (Wildman–Crippen LogP) is 4.00. The zero-order chi connectivity index (χ0) is 16.4. The lowest BCUT2D eigenvalue weighted by molar-refractivity contribution is -0.0114. The molecule has 0 aromatic heterocycles. The number of carbonyl (C=O) groups is 1. The third-order valence-electron chi connectivity index (χ3n) is 4.88. The highest BCUT2D eigenvalue weighted by atomic mass is 16.6. The summed E-state index contributed by atoms with van der Waals surface area (Å²) in [5, 5.41) is 2.01. The number of hydrogen-bond donors (Lipinski definition) is 0. The Kier molecular flexibility index (Phi) is 4.20. The van der Waals surface area contributed by atoms with Gasteiger partial charge >= 0.3 is 5.97 Å². The Labute approximate surface area is 142 Å². The van der Waals surface area contributed by atoms with Crippen molar-refractivity contribution in [2.45, 2.75) is 38.3 Å². The number of amidine groups is 1. The highest BCUT2D eigenvalue weighted by molar-refractivity contribution is 6.04. The zero-order valence-electron chi connectivity index (χ0n) is 13.8. The Morgan fingerprint density at radius 3 is 2.92 bits per heavy atom. The molecule has 0 amide bonds. The zero-order valence-corrected chi connectivity index (χ0v) is 13.8. The van der Waals surface area contributed by atoms with E-state index in [1.54, 1.807) is 0 Å². The van der Waals surface area contributed by atoms with Gasteiger partial charge in [-0.05, 0) is 36.1 Å². The molecule has 2 aromatic carbocycles. The summed E-state index contributed by atoms with van der Waals surface area (Å²) in [6, 6.07) is 13.7. The van der Waals surface area contributed by atoms with E-state index in [2.05, 4.69) is 9.89 Å². The molecular formula is C20H22N2O2. The van der Waals surface area contributed by atoms with Crippen LogP contribution in [0.2, 0.25) is 0 Å². The van der Waals surface area contributed by atoms with Crippen LogP contribution >= 0.6 is 0 Å². The minimum Gasteiger partial charge on any atom is -0.438 e. The van der Waals surface area contributed by atoms with Gasteiger partial charge in [0.05, 0.1) is 5.56 Å². The van der Waals surface area contributed by atoms with Crippen molar-refractivity contribution in [3.63, 3.8) is 0 Å². The molecule has 4 nitrogen and oxygen atoms in total. The first kappa shape index (κ1) is 15.2. The van der Waals surface area contributed by atoms with Crippen molar-refractivity contribution in [1.29, 1.82) is 0 Å². The molecule has 2 heterocycles. The van der Waals surface area contributed by atoms with Gasteiger partial charge in [0, 0.05) is 25.9 Å². The van der Waals surface area contributed by atoms with Crippen molar-refractivity contribution in [2.75, 3.05) is 13.1 Å². The Bertz CT molecular complexity index is 779. The predicted molar refractivity (Wildman–Crippen MR) is 95.2 cm³/mol. The minimum atomic E-state index is -0.233. The van der Waals surface area contributed by atoms with Gasteiger partial charge in [-0.1, -0.05) is 36.4 Å². The number of hydrogen-bond acceptors (Lipinski definition) is 4. The van der Waals surface area contributed by atoms with Crippen LogP contribution in [-0.2, 0) is 4.74 Å². The van der Waals surface area contributed by atoms with Crippen LogP contribution in [0.25, 0.3) is 10.8 Å². The molecule has 1 fully saturated rings. The quantitative estimate of drug-likeness (QED) is 0.785. The smallest absolute Gasteiger partial charge is 0.340 e. The van der Waals surface area contributed by atoms with E-state index in [1.165, 1.54) is 0 Å². The van der Waals surface area contributed by atoms with E-state index in [1.807, 2.05) is 42.5 Å². The number of nitrogens with zero attached hydrogens (tertiary/aromatic N) is 2. The molecule has 0 aliphatic carbocycles. The summed E-state index contributed by atoms with van der Waals surface area (Å²) in [4.78, 5) is 19.7. The Hall–Kier alpha value is -2.36. The molecule has 0 bridgehead atoms. The first-order chi connectivity index (χ1) is 11.8. The normalized spacial score (nSPS) is 20.9. The van der Waals surface area contributed by atoms with Gasteiger partial charge in [0.25, 0.3) is 0 Å². The molecule has 0 spiro atoms. The summed E-state index contributed by atoms with van der Waals surface area (Å²) >= 11 is 0. The maximum absolute atomic E-state index is 12.8. The van der Waals surface area contributed by atoms with Gasteiger partial charge < -0.3 is 9.64 Å². The molecule has 4 rings (SSSR count). The summed E-state index contributed by atoms with van der Waals surface area (Å²) in [7, 11) is 0. The lowest BCUT2D eigenvalue weighted by Gasteiger charge is -2.34. The van der Waals surface area contributed by atoms with Crippen molar-refractivity contribution < 1.29 is 9.53 Å². The van der Waals surface area contributed by atoms with E-state index >= 15 is 0 Å². The van der Waals surface area contributed by atoms with E-state index in [0.29, 0.717) is 5.56 Å². The highest BCUT2D eigenvalue weighted by Gasteiger charge is 2.29. The summed E-state index contributed by atoms with van der Waals surface area (Å²) in [5.41, 5.74) is 0.646. The maximum atomic E-state index is 12.8. The number of fused-ring (bicyclic) bond motifs is 2. The summed E-state index contributed by atoms with van der Waals surface area (Å²) in [5.74, 6) is 0.887. The van der Waals surface area contributed by atoms with E-state index in [0.717, 1.165) is 61.8 Å². The van der Waals surface area contributed by atoms with Crippen LogP contribution in [0.5, 0.6) is 0 Å².